The van der Waals surface area contributed by atoms with Gasteiger partial charge in [-0.3, -0.25) is 5.32 Å². The van der Waals surface area contributed by atoms with E-state index in [9.17, 15) is 9.18 Å². The van der Waals surface area contributed by atoms with Crippen molar-refractivity contribution in [2.24, 2.45) is 0 Å². The highest BCUT2D eigenvalue weighted by atomic mass is 19.1. The van der Waals surface area contributed by atoms with Gasteiger partial charge in [0.05, 0.1) is 6.61 Å². The van der Waals surface area contributed by atoms with Crippen LogP contribution < -0.4 is 10.1 Å². The van der Waals surface area contributed by atoms with Crippen LogP contribution in [0.15, 0.2) is 24.3 Å². The lowest BCUT2D eigenvalue weighted by molar-refractivity contribution is -0.151. The van der Waals surface area contributed by atoms with Gasteiger partial charge in [-0.15, -0.1) is 0 Å². The van der Waals surface area contributed by atoms with Crippen molar-refractivity contribution in [3.63, 3.8) is 0 Å². The number of rotatable bonds is 7. The maximum Gasteiger partial charge on any atom is 0.329 e. The number of esters is 1. The van der Waals surface area contributed by atoms with Crippen LogP contribution in [0.4, 0.5) is 4.39 Å². The topological polar surface area (TPSA) is 47.6 Å². The Kier molecular flexibility index (Phi) is 5.76. The van der Waals surface area contributed by atoms with E-state index in [0.29, 0.717) is 18.9 Å². The van der Waals surface area contributed by atoms with Crippen LogP contribution in [0.3, 0.4) is 0 Å². The number of carbonyl (C=O) groups excluding carboxylic acids is 1. The van der Waals surface area contributed by atoms with Gasteiger partial charge in [0.15, 0.2) is 0 Å². The van der Waals surface area contributed by atoms with Crippen molar-refractivity contribution in [3.8, 4) is 5.75 Å². The number of likely N-dealkylation sites (N-methyl/N-ethyl adjacent to an activating group) is 1. The van der Waals surface area contributed by atoms with Gasteiger partial charge >= 0.3 is 5.97 Å². The third-order valence-corrected chi connectivity index (χ3v) is 2.63. The highest BCUT2D eigenvalue weighted by Crippen LogP contribution is 2.15. The zero-order chi connectivity index (χ0) is 14.3. The summed E-state index contributed by atoms with van der Waals surface area (Å²) in [6.45, 7) is 6.42. The first-order valence-corrected chi connectivity index (χ1v) is 6.32. The minimum absolute atomic E-state index is 0.116. The van der Waals surface area contributed by atoms with Crippen LogP contribution in [0.25, 0.3) is 0 Å². The molecule has 5 heteroatoms. The summed E-state index contributed by atoms with van der Waals surface area (Å²) < 4.78 is 23.3. The Balaban J connectivity index is 2.67. The zero-order valence-electron chi connectivity index (χ0n) is 11.5. The molecule has 0 amide bonds. The predicted octanol–water partition coefficient (Wildman–Crippen LogP) is 2.14. The second kappa shape index (κ2) is 7.09. The molecule has 4 nitrogen and oxygen atoms in total. The highest BCUT2D eigenvalue weighted by Gasteiger charge is 2.34. The number of hydrogen-bond acceptors (Lipinski definition) is 4. The van der Waals surface area contributed by atoms with E-state index in [-0.39, 0.29) is 18.4 Å². The Morgan fingerprint density at radius 3 is 2.47 bits per heavy atom. The molecule has 1 N–H and O–H groups in total. The Bertz CT molecular complexity index is 408. The SMILES string of the molecule is CCNC(C)(COc1ccc(F)cc1)C(=O)OCC. The molecule has 0 spiro atoms. The summed E-state index contributed by atoms with van der Waals surface area (Å²) in [5.41, 5.74) is -0.918. The molecule has 0 fully saturated rings. The van der Waals surface area contributed by atoms with E-state index in [1.54, 1.807) is 13.8 Å². The molecule has 106 valence electrons. The first-order valence-electron chi connectivity index (χ1n) is 6.32. The van der Waals surface area contributed by atoms with Gasteiger partial charge in [-0.1, -0.05) is 6.92 Å². The molecule has 0 saturated heterocycles. The van der Waals surface area contributed by atoms with Crippen LogP contribution in [-0.4, -0.2) is 31.3 Å². The lowest BCUT2D eigenvalue weighted by Crippen LogP contribution is -2.54. The fourth-order valence-electron chi connectivity index (χ4n) is 1.62. The third-order valence-electron chi connectivity index (χ3n) is 2.63. The van der Waals surface area contributed by atoms with Gasteiger partial charge in [0.2, 0.25) is 0 Å². The first-order chi connectivity index (χ1) is 9.01. The fourth-order valence-corrected chi connectivity index (χ4v) is 1.62. The van der Waals surface area contributed by atoms with Crippen molar-refractivity contribution in [1.29, 1.82) is 0 Å². The standard InChI is InChI=1S/C14H20FNO3/c1-4-16-14(3,13(17)18-5-2)10-19-12-8-6-11(15)7-9-12/h6-9,16H,4-5,10H2,1-3H3. The molecule has 1 atom stereocenters. The smallest absolute Gasteiger partial charge is 0.329 e. The number of ether oxygens (including phenoxy) is 2. The van der Waals surface area contributed by atoms with Crippen molar-refractivity contribution in [3.05, 3.63) is 30.1 Å². The van der Waals surface area contributed by atoms with Gasteiger partial charge in [0.25, 0.3) is 0 Å². The second-order valence-corrected chi connectivity index (χ2v) is 4.33. The van der Waals surface area contributed by atoms with E-state index in [2.05, 4.69) is 5.32 Å². The van der Waals surface area contributed by atoms with Gasteiger partial charge in [0.1, 0.15) is 23.7 Å². The van der Waals surface area contributed by atoms with Crippen LogP contribution in [0, 0.1) is 5.82 Å². The molecule has 1 rings (SSSR count). The molecule has 19 heavy (non-hydrogen) atoms. The van der Waals surface area contributed by atoms with Gasteiger partial charge < -0.3 is 9.47 Å². The van der Waals surface area contributed by atoms with Crippen molar-refractivity contribution >= 4 is 5.97 Å². The molecular formula is C14H20FNO3. The van der Waals surface area contributed by atoms with E-state index in [1.807, 2.05) is 6.92 Å². The Hall–Kier alpha value is -1.62. The lowest BCUT2D eigenvalue weighted by atomic mass is 10.0. The fraction of sp³-hybridized carbons (Fsp3) is 0.500. The monoisotopic (exact) mass is 269 g/mol. The average Bonchev–Trinajstić information content (AvgIpc) is 2.39. The molecule has 0 radical (unpaired) electrons. The van der Waals surface area contributed by atoms with Gasteiger partial charge in [-0.2, -0.15) is 0 Å². The third kappa shape index (κ3) is 4.52. The predicted molar refractivity (Wildman–Crippen MR) is 70.6 cm³/mol. The average molecular weight is 269 g/mol. The van der Waals surface area contributed by atoms with E-state index in [0.717, 1.165) is 0 Å². The van der Waals surface area contributed by atoms with Gasteiger partial charge in [0, 0.05) is 0 Å². The van der Waals surface area contributed by atoms with E-state index in [4.69, 9.17) is 9.47 Å². The summed E-state index contributed by atoms with van der Waals surface area (Å²) in [4.78, 5) is 11.9. The number of hydrogen-bond donors (Lipinski definition) is 1. The quantitative estimate of drug-likeness (QED) is 0.770. The molecule has 0 heterocycles. The van der Waals surface area contributed by atoms with Crippen LogP contribution in [0.5, 0.6) is 5.75 Å². The number of benzene rings is 1. The highest BCUT2D eigenvalue weighted by molar-refractivity contribution is 5.80. The first kappa shape index (κ1) is 15.4. The molecule has 0 aliphatic rings. The minimum atomic E-state index is -0.918. The Morgan fingerprint density at radius 2 is 1.95 bits per heavy atom. The molecule has 0 saturated carbocycles. The van der Waals surface area contributed by atoms with Crippen molar-refractivity contribution in [2.75, 3.05) is 19.8 Å². The zero-order valence-corrected chi connectivity index (χ0v) is 11.5. The second-order valence-electron chi connectivity index (χ2n) is 4.33. The maximum atomic E-state index is 12.8. The normalized spacial score (nSPS) is 13.7. The van der Waals surface area contributed by atoms with Crippen LogP contribution in [-0.2, 0) is 9.53 Å². The van der Waals surface area contributed by atoms with Crippen LogP contribution in [0.2, 0.25) is 0 Å². The lowest BCUT2D eigenvalue weighted by Gasteiger charge is -2.27. The van der Waals surface area contributed by atoms with Gasteiger partial charge in [-0.05, 0) is 44.7 Å². The van der Waals surface area contributed by atoms with Gasteiger partial charge in [-0.25, -0.2) is 9.18 Å². The number of nitrogens with one attached hydrogen (secondary N) is 1. The number of carbonyl (C=O) groups is 1. The van der Waals surface area contributed by atoms with Crippen molar-refractivity contribution in [1.82, 2.24) is 5.32 Å². The molecule has 0 bridgehead atoms. The molecule has 0 aromatic heterocycles. The summed E-state index contributed by atoms with van der Waals surface area (Å²) in [6.07, 6.45) is 0. The Morgan fingerprint density at radius 1 is 1.32 bits per heavy atom. The summed E-state index contributed by atoms with van der Waals surface area (Å²) in [5.74, 6) is -0.180. The number of halogens is 1. The summed E-state index contributed by atoms with van der Waals surface area (Å²) in [7, 11) is 0. The van der Waals surface area contributed by atoms with Crippen molar-refractivity contribution in [2.45, 2.75) is 26.3 Å². The molecular weight excluding hydrogens is 249 g/mol. The Labute approximate surface area is 112 Å². The molecule has 0 aliphatic carbocycles. The maximum absolute atomic E-state index is 12.8. The summed E-state index contributed by atoms with van der Waals surface area (Å²) in [6, 6.07) is 5.66. The summed E-state index contributed by atoms with van der Waals surface area (Å²) in [5, 5.41) is 3.05. The molecule has 1 aromatic rings. The largest absolute Gasteiger partial charge is 0.491 e. The molecule has 1 unspecified atom stereocenters. The van der Waals surface area contributed by atoms with Crippen molar-refractivity contribution < 1.29 is 18.7 Å². The summed E-state index contributed by atoms with van der Waals surface area (Å²) >= 11 is 0. The van der Waals surface area contributed by atoms with E-state index >= 15 is 0 Å². The van der Waals surface area contributed by atoms with E-state index < -0.39 is 5.54 Å². The minimum Gasteiger partial charge on any atom is -0.491 e. The van der Waals surface area contributed by atoms with Crippen LogP contribution in [0.1, 0.15) is 20.8 Å². The van der Waals surface area contributed by atoms with Crippen LogP contribution >= 0.6 is 0 Å². The van der Waals surface area contributed by atoms with E-state index in [1.165, 1.54) is 24.3 Å². The molecule has 0 aliphatic heterocycles. The molecule has 1 aromatic carbocycles.